The molecule has 84 valence electrons. The van der Waals surface area contributed by atoms with Gasteiger partial charge in [0, 0.05) is 17.5 Å². The van der Waals surface area contributed by atoms with Crippen LogP contribution in [0.1, 0.15) is 19.3 Å². The van der Waals surface area contributed by atoms with E-state index >= 15 is 0 Å². The first kappa shape index (κ1) is 9.66. The van der Waals surface area contributed by atoms with Crippen molar-refractivity contribution < 1.29 is 0 Å². The van der Waals surface area contributed by atoms with Crippen LogP contribution in [0.25, 0.3) is 10.9 Å². The lowest BCUT2D eigenvalue weighted by molar-refractivity contribution is 0.688. The Labute approximate surface area is 94.2 Å². The number of para-hydroxylation sites is 1. The topological polar surface area (TPSA) is 66.7 Å². The predicted molar refractivity (Wildman–Crippen MR) is 65.3 cm³/mol. The van der Waals surface area contributed by atoms with Gasteiger partial charge in [-0.05, 0) is 25.3 Å². The lowest BCUT2D eigenvalue weighted by atomic mass is 10.2. The average Bonchev–Trinajstić information content (AvgIpc) is 2.87. The highest BCUT2D eigenvalue weighted by Gasteiger charge is 2.21. The van der Waals surface area contributed by atoms with Crippen LogP contribution in [0.5, 0.6) is 0 Å². The van der Waals surface area contributed by atoms with Gasteiger partial charge in [-0.25, -0.2) is 0 Å². The normalized spacial score (nSPS) is 25.1. The molecule has 0 spiro atoms. The molecule has 1 aliphatic rings. The predicted octanol–water partition coefficient (Wildman–Crippen LogP) is 1.85. The van der Waals surface area contributed by atoms with Gasteiger partial charge in [0.05, 0.1) is 17.4 Å². The minimum Gasteiger partial charge on any atom is -0.381 e. The third kappa shape index (κ3) is 1.65. The molecule has 2 atom stereocenters. The number of aromatic amines is 1. The number of aromatic nitrogens is 2. The fraction of sp³-hybridized carbons (Fsp3) is 0.417. The molecule has 16 heavy (non-hydrogen) atoms. The molecule has 0 saturated heterocycles. The molecular formula is C12H16N4. The molecular weight excluding hydrogens is 200 g/mol. The highest BCUT2D eigenvalue weighted by atomic mass is 15.1. The van der Waals surface area contributed by atoms with Gasteiger partial charge in [-0.3, -0.25) is 5.10 Å². The van der Waals surface area contributed by atoms with E-state index in [0.717, 1.165) is 35.9 Å². The second-order valence-electron chi connectivity index (χ2n) is 4.55. The van der Waals surface area contributed by atoms with Crippen molar-refractivity contribution in [2.45, 2.75) is 31.3 Å². The van der Waals surface area contributed by atoms with Crippen LogP contribution in [0.2, 0.25) is 0 Å². The molecule has 4 N–H and O–H groups in total. The van der Waals surface area contributed by atoms with Gasteiger partial charge in [-0.1, -0.05) is 12.1 Å². The maximum atomic E-state index is 5.91. The van der Waals surface area contributed by atoms with Crippen LogP contribution in [0, 0.1) is 0 Å². The minimum atomic E-state index is 0.360. The summed E-state index contributed by atoms with van der Waals surface area (Å²) in [5, 5.41) is 11.8. The standard InChI is InChI=1S/C12H16N4/c13-9-4-5-10(6-9)15-11-3-1-2-8-7-14-16-12(8)11/h1-3,7,9-10,15H,4-6,13H2,(H,14,16). The van der Waals surface area contributed by atoms with Crippen molar-refractivity contribution in [1.82, 2.24) is 10.2 Å². The maximum absolute atomic E-state index is 5.91. The van der Waals surface area contributed by atoms with Gasteiger partial charge in [0.15, 0.2) is 0 Å². The van der Waals surface area contributed by atoms with Crippen LogP contribution >= 0.6 is 0 Å². The number of nitrogens with two attached hydrogens (primary N) is 1. The summed E-state index contributed by atoms with van der Waals surface area (Å²) in [6.45, 7) is 0. The van der Waals surface area contributed by atoms with Crippen molar-refractivity contribution in [3.8, 4) is 0 Å². The van der Waals surface area contributed by atoms with Crippen LogP contribution < -0.4 is 11.1 Å². The van der Waals surface area contributed by atoms with E-state index in [4.69, 9.17) is 5.73 Å². The quantitative estimate of drug-likeness (QED) is 0.717. The molecule has 1 aliphatic carbocycles. The molecule has 3 rings (SSSR count). The highest BCUT2D eigenvalue weighted by molar-refractivity contribution is 5.90. The molecule has 1 aromatic heterocycles. The van der Waals surface area contributed by atoms with Crippen LogP contribution in [0.3, 0.4) is 0 Å². The minimum absolute atomic E-state index is 0.360. The Morgan fingerprint density at radius 2 is 2.31 bits per heavy atom. The van der Waals surface area contributed by atoms with E-state index < -0.39 is 0 Å². The van der Waals surface area contributed by atoms with Gasteiger partial charge < -0.3 is 11.1 Å². The van der Waals surface area contributed by atoms with Gasteiger partial charge >= 0.3 is 0 Å². The maximum Gasteiger partial charge on any atom is 0.0881 e. The van der Waals surface area contributed by atoms with Crippen molar-refractivity contribution in [3.63, 3.8) is 0 Å². The number of nitrogens with zero attached hydrogens (tertiary/aromatic N) is 1. The van der Waals surface area contributed by atoms with Crippen LogP contribution in [0.4, 0.5) is 5.69 Å². The number of hydrogen-bond donors (Lipinski definition) is 3. The highest BCUT2D eigenvalue weighted by Crippen LogP contribution is 2.26. The van der Waals surface area contributed by atoms with Crippen LogP contribution in [0.15, 0.2) is 24.4 Å². The van der Waals surface area contributed by atoms with Crippen molar-refractivity contribution in [2.24, 2.45) is 5.73 Å². The van der Waals surface area contributed by atoms with Crippen molar-refractivity contribution in [3.05, 3.63) is 24.4 Å². The Hall–Kier alpha value is -1.55. The monoisotopic (exact) mass is 216 g/mol. The Morgan fingerprint density at radius 1 is 1.38 bits per heavy atom. The number of benzene rings is 1. The molecule has 1 fully saturated rings. The number of H-pyrrole nitrogens is 1. The van der Waals surface area contributed by atoms with E-state index in [1.54, 1.807) is 0 Å². The molecule has 2 aromatic rings. The van der Waals surface area contributed by atoms with Crippen molar-refractivity contribution in [2.75, 3.05) is 5.32 Å². The number of anilines is 1. The molecule has 1 heterocycles. The fourth-order valence-corrected chi connectivity index (χ4v) is 2.46. The molecule has 2 unspecified atom stereocenters. The van der Waals surface area contributed by atoms with Crippen LogP contribution in [-0.2, 0) is 0 Å². The van der Waals surface area contributed by atoms with E-state index in [1.807, 2.05) is 6.20 Å². The van der Waals surface area contributed by atoms with Gasteiger partial charge in [0.25, 0.3) is 0 Å². The molecule has 4 nitrogen and oxygen atoms in total. The number of hydrogen-bond acceptors (Lipinski definition) is 3. The summed E-state index contributed by atoms with van der Waals surface area (Å²) in [6, 6.07) is 7.06. The Bertz CT molecular complexity index is 490. The van der Waals surface area contributed by atoms with Crippen LogP contribution in [-0.4, -0.2) is 22.3 Å². The van der Waals surface area contributed by atoms with Crippen molar-refractivity contribution >= 4 is 16.6 Å². The van der Waals surface area contributed by atoms with E-state index in [1.165, 1.54) is 0 Å². The summed E-state index contributed by atoms with van der Waals surface area (Å²) < 4.78 is 0. The first-order valence-electron chi connectivity index (χ1n) is 5.77. The summed E-state index contributed by atoms with van der Waals surface area (Å²) in [6.07, 6.45) is 5.19. The lowest BCUT2D eigenvalue weighted by Crippen LogP contribution is -2.20. The molecule has 1 saturated carbocycles. The van der Waals surface area contributed by atoms with Crippen molar-refractivity contribution in [1.29, 1.82) is 0 Å². The Balaban J connectivity index is 1.86. The molecule has 4 heteroatoms. The average molecular weight is 216 g/mol. The third-order valence-electron chi connectivity index (χ3n) is 3.31. The lowest BCUT2D eigenvalue weighted by Gasteiger charge is -2.14. The Morgan fingerprint density at radius 3 is 3.12 bits per heavy atom. The smallest absolute Gasteiger partial charge is 0.0881 e. The van der Waals surface area contributed by atoms with E-state index in [9.17, 15) is 0 Å². The summed E-state index contributed by atoms with van der Waals surface area (Å²) >= 11 is 0. The molecule has 1 aromatic carbocycles. The van der Waals surface area contributed by atoms with E-state index in [0.29, 0.717) is 12.1 Å². The zero-order valence-electron chi connectivity index (χ0n) is 9.11. The first-order chi connectivity index (χ1) is 7.83. The first-order valence-corrected chi connectivity index (χ1v) is 5.77. The second kappa shape index (κ2) is 3.79. The third-order valence-corrected chi connectivity index (χ3v) is 3.31. The number of fused-ring (bicyclic) bond motifs is 1. The largest absolute Gasteiger partial charge is 0.381 e. The number of rotatable bonds is 2. The van der Waals surface area contributed by atoms with Gasteiger partial charge in [-0.2, -0.15) is 5.10 Å². The molecule has 0 radical (unpaired) electrons. The van der Waals surface area contributed by atoms with Gasteiger partial charge in [0.1, 0.15) is 0 Å². The number of nitrogens with one attached hydrogen (secondary N) is 2. The van der Waals surface area contributed by atoms with E-state index in [-0.39, 0.29) is 0 Å². The molecule has 0 aliphatic heterocycles. The summed E-state index contributed by atoms with van der Waals surface area (Å²) in [4.78, 5) is 0. The summed E-state index contributed by atoms with van der Waals surface area (Å²) in [5.41, 5.74) is 8.13. The zero-order chi connectivity index (χ0) is 11.0. The van der Waals surface area contributed by atoms with Gasteiger partial charge in [-0.15, -0.1) is 0 Å². The second-order valence-corrected chi connectivity index (χ2v) is 4.55. The Kier molecular flexibility index (Phi) is 2.29. The zero-order valence-corrected chi connectivity index (χ0v) is 9.11. The summed E-state index contributed by atoms with van der Waals surface area (Å²) in [7, 11) is 0. The van der Waals surface area contributed by atoms with Gasteiger partial charge in [0.2, 0.25) is 0 Å². The fourth-order valence-electron chi connectivity index (χ4n) is 2.46. The van der Waals surface area contributed by atoms with E-state index in [2.05, 4.69) is 33.7 Å². The molecule has 0 bridgehead atoms. The SMILES string of the molecule is NC1CCC(Nc2cccc3cn[nH]c23)C1. The molecule has 0 amide bonds. The summed E-state index contributed by atoms with van der Waals surface area (Å²) in [5.74, 6) is 0.